The van der Waals surface area contributed by atoms with E-state index < -0.39 is 12.3 Å². The maximum Gasteiger partial charge on any atom is 0.422 e. The highest BCUT2D eigenvalue weighted by molar-refractivity contribution is 5.43. The molecule has 1 aromatic carbocycles. The molecule has 1 unspecified atom stereocenters. The molecular weight excluding hydrogens is 229 g/mol. The zero-order chi connectivity index (χ0) is 12.7. The van der Waals surface area contributed by atoms with Gasteiger partial charge in [-0.1, -0.05) is 31.5 Å². The molecule has 0 heterocycles. The summed E-state index contributed by atoms with van der Waals surface area (Å²) in [6, 6.07) is 8.38. The molecule has 1 atom stereocenters. The molecule has 0 aromatic heterocycles. The molecule has 5 heteroatoms. The molecule has 96 valence electrons. The van der Waals surface area contributed by atoms with E-state index in [1.807, 2.05) is 6.92 Å². The van der Waals surface area contributed by atoms with Gasteiger partial charge < -0.3 is 5.32 Å². The van der Waals surface area contributed by atoms with Gasteiger partial charge in [0, 0.05) is 5.69 Å². The standard InChI is InChI=1S/C12H17F3N2/c1-2-3-9-16-11(12(13,14)15)17-10-7-5-4-6-8-10/h4-8,11,16-17H,2-3,9H2,1H3. The van der Waals surface area contributed by atoms with Crippen molar-refractivity contribution in [1.29, 1.82) is 0 Å². The third-order valence-electron chi connectivity index (χ3n) is 2.29. The van der Waals surface area contributed by atoms with Gasteiger partial charge in [-0.05, 0) is 25.1 Å². The van der Waals surface area contributed by atoms with Gasteiger partial charge in [-0.15, -0.1) is 0 Å². The maximum atomic E-state index is 12.7. The van der Waals surface area contributed by atoms with Gasteiger partial charge in [0.25, 0.3) is 0 Å². The molecule has 1 rings (SSSR count). The van der Waals surface area contributed by atoms with Gasteiger partial charge >= 0.3 is 6.18 Å². The van der Waals surface area contributed by atoms with Crippen molar-refractivity contribution >= 4 is 5.69 Å². The lowest BCUT2D eigenvalue weighted by molar-refractivity contribution is -0.149. The number of rotatable bonds is 6. The molecule has 0 bridgehead atoms. The molecule has 0 spiro atoms. The second-order valence-electron chi connectivity index (χ2n) is 3.79. The minimum Gasteiger partial charge on any atom is -0.362 e. The van der Waals surface area contributed by atoms with E-state index in [9.17, 15) is 13.2 Å². The van der Waals surface area contributed by atoms with E-state index in [0.29, 0.717) is 12.2 Å². The Kier molecular flexibility index (Phi) is 5.28. The van der Waals surface area contributed by atoms with Crippen LogP contribution in [0.25, 0.3) is 0 Å². The van der Waals surface area contributed by atoms with Gasteiger partial charge in [0.2, 0.25) is 0 Å². The van der Waals surface area contributed by atoms with Gasteiger partial charge in [-0.3, -0.25) is 5.32 Å². The summed E-state index contributed by atoms with van der Waals surface area (Å²) in [6.07, 6.45) is -4.41. The van der Waals surface area contributed by atoms with Gasteiger partial charge in [0.15, 0.2) is 6.17 Å². The fourth-order valence-electron chi connectivity index (χ4n) is 1.37. The molecule has 0 fully saturated rings. The second kappa shape index (κ2) is 6.49. The summed E-state index contributed by atoms with van der Waals surface area (Å²) in [5, 5.41) is 4.91. The van der Waals surface area contributed by atoms with Gasteiger partial charge in [-0.25, -0.2) is 0 Å². The Morgan fingerprint density at radius 3 is 2.35 bits per heavy atom. The number of benzene rings is 1. The van der Waals surface area contributed by atoms with Crippen molar-refractivity contribution in [2.45, 2.75) is 32.1 Å². The predicted molar refractivity (Wildman–Crippen MR) is 62.8 cm³/mol. The van der Waals surface area contributed by atoms with Crippen LogP contribution < -0.4 is 10.6 Å². The fourth-order valence-corrected chi connectivity index (χ4v) is 1.37. The SMILES string of the molecule is CCCCNC(Nc1ccccc1)C(F)(F)F. The molecule has 0 saturated heterocycles. The van der Waals surface area contributed by atoms with Crippen molar-refractivity contribution in [2.75, 3.05) is 11.9 Å². The minimum atomic E-state index is -4.30. The van der Waals surface area contributed by atoms with E-state index in [0.717, 1.165) is 12.8 Å². The van der Waals surface area contributed by atoms with Crippen LogP contribution in [-0.2, 0) is 0 Å². The lowest BCUT2D eigenvalue weighted by Gasteiger charge is -2.23. The van der Waals surface area contributed by atoms with Crippen molar-refractivity contribution in [2.24, 2.45) is 0 Å². The largest absolute Gasteiger partial charge is 0.422 e. The Labute approximate surface area is 99.2 Å². The summed E-state index contributed by atoms with van der Waals surface area (Å²) in [4.78, 5) is 0. The molecule has 0 amide bonds. The van der Waals surface area contributed by atoms with Crippen molar-refractivity contribution in [3.05, 3.63) is 30.3 Å². The smallest absolute Gasteiger partial charge is 0.362 e. The lowest BCUT2D eigenvalue weighted by Crippen LogP contribution is -2.48. The van der Waals surface area contributed by atoms with Crippen molar-refractivity contribution in [1.82, 2.24) is 5.32 Å². The molecule has 2 nitrogen and oxygen atoms in total. The summed E-state index contributed by atoms with van der Waals surface area (Å²) >= 11 is 0. The van der Waals surface area contributed by atoms with Crippen LogP contribution >= 0.6 is 0 Å². The summed E-state index contributed by atoms with van der Waals surface area (Å²) in [5.74, 6) is 0. The summed E-state index contributed by atoms with van der Waals surface area (Å²) < 4.78 is 38.1. The normalized spacial score (nSPS) is 13.4. The number of halogens is 3. The fraction of sp³-hybridized carbons (Fsp3) is 0.500. The first-order chi connectivity index (χ1) is 8.04. The van der Waals surface area contributed by atoms with Crippen LogP contribution in [0.5, 0.6) is 0 Å². The molecule has 0 radical (unpaired) electrons. The predicted octanol–water partition coefficient (Wildman–Crippen LogP) is 3.38. The molecule has 0 aliphatic heterocycles. The maximum absolute atomic E-state index is 12.7. The summed E-state index contributed by atoms with van der Waals surface area (Å²) in [5.41, 5.74) is 0.457. The number of anilines is 1. The average molecular weight is 246 g/mol. The van der Waals surface area contributed by atoms with Crippen molar-refractivity contribution in [3.8, 4) is 0 Å². The Morgan fingerprint density at radius 2 is 1.82 bits per heavy atom. The number of nitrogens with one attached hydrogen (secondary N) is 2. The first-order valence-electron chi connectivity index (χ1n) is 5.65. The molecule has 0 aliphatic carbocycles. The van der Waals surface area contributed by atoms with E-state index in [-0.39, 0.29) is 0 Å². The second-order valence-corrected chi connectivity index (χ2v) is 3.79. The Bertz CT molecular complexity index is 311. The highest BCUT2D eigenvalue weighted by atomic mass is 19.4. The van der Waals surface area contributed by atoms with Gasteiger partial charge in [0.05, 0.1) is 0 Å². The number of alkyl halides is 3. The molecule has 1 aromatic rings. The van der Waals surface area contributed by atoms with Crippen LogP contribution in [0.3, 0.4) is 0 Å². The Morgan fingerprint density at radius 1 is 1.18 bits per heavy atom. The van der Waals surface area contributed by atoms with E-state index in [2.05, 4.69) is 10.6 Å². The molecule has 17 heavy (non-hydrogen) atoms. The number of hydrogen-bond acceptors (Lipinski definition) is 2. The Balaban J connectivity index is 2.58. The summed E-state index contributed by atoms with van der Waals surface area (Å²) in [6.45, 7) is 2.29. The van der Waals surface area contributed by atoms with Crippen LogP contribution in [0.1, 0.15) is 19.8 Å². The average Bonchev–Trinajstić information content (AvgIpc) is 2.28. The first-order valence-corrected chi connectivity index (χ1v) is 5.65. The van der Waals surface area contributed by atoms with E-state index in [4.69, 9.17) is 0 Å². The first kappa shape index (κ1) is 13.8. The molecule has 0 saturated carbocycles. The van der Waals surface area contributed by atoms with E-state index in [1.54, 1.807) is 30.3 Å². The van der Waals surface area contributed by atoms with Gasteiger partial charge in [0.1, 0.15) is 0 Å². The number of hydrogen-bond donors (Lipinski definition) is 2. The zero-order valence-electron chi connectivity index (χ0n) is 9.72. The summed E-state index contributed by atoms with van der Waals surface area (Å²) in [7, 11) is 0. The van der Waals surface area contributed by atoms with Crippen LogP contribution in [-0.4, -0.2) is 18.9 Å². The van der Waals surface area contributed by atoms with Crippen LogP contribution in [0.2, 0.25) is 0 Å². The third-order valence-corrected chi connectivity index (χ3v) is 2.29. The highest BCUT2D eigenvalue weighted by Crippen LogP contribution is 2.22. The monoisotopic (exact) mass is 246 g/mol. The van der Waals surface area contributed by atoms with E-state index in [1.165, 1.54) is 0 Å². The molecule has 2 N–H and O–H groups in total. The highest BCUT2D eigenvalue weighted by Gasteiger charge is 2.39. The van der Waals surface area contributed by atoms with Crippen LogP contribution in [0.15, 0.2) is 30.3 Å². The number of unbranched alkanes of at least 4 members (excludes halogenated alkanes) is 1. The number of para-hydroxylation sites is 1. The van der Waals surface area contributed by atoms with Crippen molar-refractivity contribution < 1.29 is 13.2 Å². The van der Waals surface area contributed by atoms with Crippen molar-refractivity contribution in [3.63, 3.8) is 0 Å². The Hall–Kier alpha value is -1.23. The van der Waals surface area contributed by atoms with Crippen LogP contribution in [0, 0.1) is 0 Å². The van der Waals surface area contributed by atoms with Crippen LogP contribution in [0.4, 0.5) is 18.9 Å². The molecular formula is C12H17F3N2. The molecule has 0 aliphatic rings. The van der Waals surface area contributed by atoms with E-state index >= 15 is 0 Å². The topological polar surface area (TPSA) is 24.1 Å². The lowest BCUT2D eigenvalue weighted by atomic mass is 10.3. The quantitative estimate of drug-likeness (QED) is 0.594. The minimum absolute atomic E-state index is 0.348. The third kappa shape index (κ3) is 5.08. The zero-order valence-corrected chi connectivity index (χ0v) is 9.72. The van der Waals surface area contributed by atoms with Gasteiger partial charge in [-0.2, -0.15) is 13.2 Å².